The number of halogens is 1. The Morgan fingerprint density at radius 2 is 2.24 bits per heavy atom. The summed E-state index contributed by atoms with van der Waals surface area (Å²) in [7, 11) is 0. The molecule has 17 heavy (non-hydrogen) atoms. The molecule has 0 aliphatic heterocycles. The van der Waals surface area contributed by atoms with E-state index in [1.165, 1.54) is 12.1 Å². The zero-order valence-electron chi connectivity index (χ0n) is 9.13. The van der Waals surface area contributed by atoms with Gasteiger partial charge in [0.1, 0.15) is 0 Å². The summed E-state index contributed by atoms with van der Waals surface area (Å²) in [6.07, 6.45) is 1.84. The van der Waals surface area contributed by atoms with E-state index >= 15 is 0 Å². The lowest BCUT2D eigenvalue weighted by molar-refractivity contribution is -0.384. The molecule has 0 radical (unpaired) electrons. The van der Waals surface area contributed by atoms with Crippen molar-refractivity contribution in [3.63, 3.8) is 0 Å². The van der Waals surface area contributed by atoms with Crippen molar-refractivity contribution in [3.8, 4) is 0 Å². The van der Waals surface area contributed by atoms with Crippen LogP contribution in [0.5, 0.6) is 0 Å². The van der Waals surface area contributed by atoms with E-state index in [1.54, 1.807) is 10.7 Å². The third kappa shape index (κ3) is 2.62. The Morgan fingerprint density at radius 1 is 1.47 bits per heavy atom. The maximum absolute atomic E-state index is 10.6. The van der Waals surface area contributed by atoms with Crippen molar-refractivity contribution < 1.29 is 4.92 Å². The second-order valence-corrected chi connectivity index (χ2v) is 4.09. The van der Waals surface area contributed by atoms with Crippen LogP contribution >= 0.6 is 11.6 Å². The third-order valence-corrected chi connectivity index (χ3v) is 2.71. The molecule has 2 rings (SSSR count). The SMILES string of the molecule is Cc1ccn(Cc2ccc([N+](=O)[O-])cc2Cl)n1. The number of hydrogen-bond acceptors (Lipinski definition) is 3. The van der Waals surface area contributed by atoms with Gasteiger partial charge in [0.25, 0.3) is 5.69 Å². The Bertz CT molecular complexity index is 566. The number of non-ortho nitro benzene ring substituents is 1. The van der Waals surface area contributed by atoms with E-state index in [9.17, 15) is 10.1 Å². The van der Waals surface area contributed by atoms with Gasteiger partial charge in [0.15, 0.2) is 0 Å². The molecule has 1 aromatic carbocycles. The van der Waals surface area contributed by atoms with E-state index in [2.05, 4.69) is 5.10 Å². The largest absolute Gasteiger partial charge is 0.270 e. The first kappa shape index (κ1) is 11.6. The molecule has 0 N–H and O–H groups in total. The van der Waals surface area contributed by atoms with E-state index in [4.69, 9.17) is 11.6 Å². The van der Waals surface area contributed by atoms with E-state index < -0.39 is 4.92 Å². The van der Waals surface area contributed by atoms with Crippen LogP contribution in [0.4, 0.5) is 5.69 Å². The van der Waals surface area contributed by atoms with Crippen LogP contribution in [0.2, 0.25) is 5.02 Å². The van der Waals surface area contributed by atoms with E-state index in [0.29, 0.717) is 11.6 Å². The number of benzene rings is 1. The molecule has 0 aliphatic carbocycles. The summed E-state index contributed by atoms with van der Waals surface area (Å²) >= 11 is 5.98. The van der Waals surface area contributed by atoms with Crippen molar-refractivity contribution in [2.45, 2.75) is 13.5 Å². The van der Waals surface area contributed by atoms with Gasteiger partial charge in [-0.1, -0.05) is 11.6 Å². The number of nitrogens with zero attached hydrogens (tertiary/aromatic N) is 3. The first-order valence-corrected chi connectivity index (χ1v) is 5.37. The molecule has 6 heteroatoms. The van der Waals surface area contributed by atoms with Gasteiger partial charge in [-0.25, -0.2) is 0 Å². The zero-order chi connectivity index (χ0) is 12.4. The second kappa shape index (κ2) is 4.55. The van der Waals surface area contributed by atoms with Gasteiger partial charge in [0.05, 0.1) is 22.2 Å². The number of aromatic nitrogens is 2. The predicted molar refractivity (Wildman–Crippen MR) is 64.2 cm³/mol. The molecule has 0 spiro atoms. The highest BCUT2D eigenvalue weighted by Gasteiger charge is 2.09. The number of nitro groups is 1. The van der Waals surface area contributed by atoms with E-state index in [0.717, 1.165) is 11.3 Å². The Hall–Kier alpha value is -1.88. The molecular formula is C11H10ClN3O2. The molecule has 0 amide bonds. The van der Waals surface area contributed by atoms with Gasteiger partial charge in [-0.3, -0.25) is 14.8 Å². The van der Waals surface area contributed by atoms with Gasteiger partial charge in [-0.15, -0.1) is 0 Å². The van der Waals surface area contributed by atoms with Crippen molar-refractivity contribution in [3.05, 3.63) is 56.9 Å². The molecule has 0 aliphatic rings. The third-order valence-electron chi connectivity index (χ3n) is 2.35. The molecular weight excluding hydrogens is 242 g/mol. The topological polar surface area (TPSA) is 61.0 Å². The van der Waals surface area contributed by atoms with Gasteiger partial charge in [0.2, 0.25) is 0 Å². The molecule has 1 heterocycles. The first-order valence-electron chi connectivity index (χ1n) is 4.99. The minimum atomic E-state index is -0.465. The Kier molecular flexibility index (Phi) is 3.10. The molecule has 0 saturated heterocycles. The molecule has 0 unspecified atom stereocenters. The van der Waals surface area contributed by atoms with Crippen LogP contribution in [0.15, 0.2) is 30.5 Å². The van der Waals surface area contributed by atoms with Crippen molar-refractivity contribution in [2.75, 3.05) is 0 Å². The second-order valence-electron chi connectivity index (χ2n) is 3.69. The molecule has 88 valence electrons. The molecule has 0 atom stereocenters. The van der Waals surface area contributed by atoms with Crippen LogP contribution < -0.4 is 0 Å². The summed E-state index contributed by atoms with van der Waals surface area (Å²) in [6, 6.07) is 6.33. The fourth-order valence-electron chi connectivity index (χ4n) is 1.50. The first-order chi connectivity index (χ1) is 8.06. The summed E-state index contributed by atoms with van der Waals surface area (Å²) in [5.74, 6) is 0. The van der Waals surface area contributed by atoms with Crippen LogP contribution in [-0.4, -0.2) is 14.7 Å². The van der Waals surface area contributed by atoms with Crippen LogP contribution in [0, 0.1) is 17.0 Å². The molecule has 0 fully saturated rings. The molecule has 1 aromatic heterocycles. The number of nitro benzene ring substituents is 1. The smallest absolute Gasteiger partial charge is 0.268 e. The fourth-order valence-corrected chi connectivity index (χ4v) is 1.74. The van der Waals surface area contributed by atoms with Crippen molar-refractivity contribution in [1.29, 1.82) is 0 Å². The summed E-state index contributed by atoms with van der Waals surface area (Å²) in [5.41, 5.74) is 1.72. The average molecular weight is 252 g/mol. The number of aryl methyl sites for hydroxylation is 1. The van der Waals surface area contributed by atoms with E-state index in [1.807, 2.05) is 19.2 Å². The highest BCUT2D eigenvalue weighted by molar-refractivity contribution is 6.31. The van der Waals surface area contributed by atoms with E-state index in [-0.39, 0.29) is 5.69 Å². The lowest BCUT2D eigenvalue weighted by Gasteiger charge is -2.04. The maximum Gasteiger partial charge on any atom is 0.270 e. The minimum Gasteiger partial charge on any atom is -0.268 e. The van der Waals surface area contributed by atoms with Gasteiger partial charge < -0.3 is 0 Å². The van der Waals surface area contributed by atoms with Crippen molar-refractivity contribution in [1.82, 2.24) is 9.78 Å². The highest BCUT2D eigenvalue weighted by atomic mass is 35.5. The Balaban J connectivity index is 2.25. The molecule has 5 nitrogen and oxygen atoms in total. The lowest BCUT2D eigenvalue weighted by Crippen LogP contribution is -2.01. The zero-order valence-corrected chi connectivity index (χ0v) is 9.89. The fraction of sp³-hybridized carbons (Fsp3) is 0.182. The Morgan fingerprint density at radius 3 is 2.76 bits per heavy atom. The van der Waals surface area contributed by atoms with Gasteiger partial charge in [-0.05, 0) is 24.6 Å². The maximum atomic E-state index is 10.6. The summed E-state index contributed by atoms with van der Waals surface area (Å²) in [6.45, 7) is 2.40. The summed E-state index contributed by atoms with van der Waals surface area (Å²) in [5, 5.41) is 15.2. The minimum absolute atomic E-state index is 0.00426. The highest BCUT2D eigenvalue weighted by Crippen LogP contribution is 2.23. The normalized spacial score (nSPS) is 10.5. The van der Waals surface area contributed by atoms with Crippen LogP contribution in [0.3, 0.4) is 0 Å². The summed E-state index contributed by atoms with van der Waals surface area (Å²) < 4.78 is 1.74. The van der Waals surface area contributed by atoms with Gasteiger partial charge in [-0.2, -0.15) is 5.10 Å². The average Bonchev–Trinajstić information content (AvgIpc) is 2.67. The van der Waals surface area contributed by atoms with Crippen LogP contribution in [0.25, 0.3) is 0 Å². The van der Waals surface area contributed by atoms with Crippen molar-refractivity contribution in [2.24, 2.45) is 0 Å². The van der Waals surface area contributed by atoms with Crippen LogP contribution in [-0.2, 0) is 6.54 Å². The number of rotatable bonds is 3. The molecule has 0 saturated carbocycles. The number of hydrogen-bond donors (Lipinski definition) is 0. The monoisotopic (exact) mass is 251 g/mol. The van der Waals surface area contributed by atoms with Crippen LogP contribution in [0.1, 0.15) is 11.3 Å². The van der Waals surface area contributed by atoms with Gasteiger partial charge in [0, 0.05) is 18.3 Å². The Labute approximate surface area is 103 Å². The standard InChI is InChI=1S/C11H10ClN3O2/c1-8-4-5-14(13-8)7-9-2-3-10(15(16)17)6-11(9)12/h2-6H,7H2,1H3. The lowest BCUT2D eigenvalue weighted by atomic mass is 10.2. The quantitative estimate of drug-likeness (QED) is 0.622. The van der Waals surface area contributed by atoms with Crippen molar-refractivity contribution >= 4 is 17.3 Å². The van der Waals surface area contributed by atoms with Gasteiger partial charge >= 0.3 is 0 Å². The summed E-state index contributed by atoms with van der Waals surface area (Å²) in [4.78, 5) is 10.1. The predicted octanol–water partition coefficient (Wildman–Crippen LogP) is 2.80. The molecule has 0 bridgehead atoms. The molecule has 2 aromatic rings.